The van der Waals surface area contributed by atoms with Gasteiger partial charge in [0.1, 0.15) is 0 Å². The molecule has 9 heteroatoms. The molecule has 0 bridgehead atoms. The van der Waals surface area contributed by atoms with Gasteiger partial charge in [0.05, 0.1) is 16.9 Å². The first-order valence-corrected chi connectivity index (χ1v) is 9.54. The Morgan fingerprint density at radius 2 is 1.46 bits per heavy atom. The molecule has 0 saturated carbocycles. The fourth-order valence-electron chi connectivity index (χ4n) is 2.18. The minimum Gasteiger partial charge on any atom is -0.481 e. The van der Waals surface area contributed by atoms with Crippen LogP contribution in [0.4, 0.5) is 0 Å². The number of carboxylic acid groups (broad SMARTS) is 2. The lowest BCUT2D eigenvalue weighted by Crippen LogP contribution is -2.26. The molecule has 0 amide bonds. The quantitative estimate of drug-likeness (QED) is 0.430. The zero-order valence-electron chi connectivity index (χ0n) is 14.5. The van der Waals surface area contributed by atoms with Crippen LogP contribution in [0.2, 0.25) is 0 Å². The maximum Gasteiger partial charge on any atom is 0.335 e. The van der Waals surface area contributed by atoms with Crippen LogP contribution >= 0.6 is 0 Å². The van der Waals surface area contributed by atoms with Crippen LogP contribution in [0.25, 0.3) is 6.08 Å². The summed E-state index contributed by atoms with van der Waals surface area (Å²) in [7, 11) is -3.86. The van der Waals surface area contributed by atoms with Crippen molar-refractivity contribution in [2.45, 2.75) is 11.3 Å². The van der Waals surface area contributed by atoms with E-state index in [1.54, 1.807) is 12.1 Å². The number of benzene rings is 2. The summed E-state index contributed by atoms with van der Waals surface area (Å²) in [5.74, 6) is -2.52. The second kappa shape index (κ2) is 9.07. The van der Waals surface area contributed by atoms with Gasteiger partial charge in [0.15, 0.2) is 5.78 Å². The predicted octanol–water partition coefficient (Wildman–Crippen LogP) is 2.03. The number of nitrogens with one attached hydrogen (secondary N) is 1. The fourth-order valence-corrected chi connectivity index (χ4v) is 3.21. The molecule has 0 atom stereocenters. The molecule has 2 aromatic carbocycles. The third-order valence-electron chi connectivity index (χ3n) is 3.66. The summed E-state index contributed by atoms with van der Waals surface area (Å²) < 4.78 is 26.2. The van der Waals surface area contributed by atoms with Crippen LogP contribution in [-0.4, -0.2) is 42.9 Å². The number of ketones is 1. The van der Waals surface area contributed by atoms with Gasteiger partial charge in [-0.25, -0.2) is 17.9 Å². The highest BCUT2D eigenvalue weighted by atomic mass is 32.2. The zero-order valence-corrected chi connectivity index (χ0v) is 15.3. The molecule has 0 fully saturated rings. The summed E-state index contributed by atoms with van der Waals surface area (Å²) in [6.07, 6.45) is 2.48. The molecular weight excluding hydrogens is 386 g/mol. The molecule has 0 saturated heterocycles. The molecule has 0 aliphatic heterocycles. The number of hydrogen-bond donors (Lipinski definition) is 3. The third kappa shape index (κ3) is 5.86. The van der Waals surface area contributed by atoms with Gasteiger partial charge < -0.3 is 10.2 Å². The minimum absolute atomic E-state index is 0.0809. The number of sulfonamides is 1. The first-order chi connectivity index (χ1) is 13.2. The van der Waals surface area contributed by atoms with E-state index in [0.29, 0.717) is 5.56 Å². The van der Waals surface area contributed by atoms with E-state index in [0.717, 1.165) is 0 Å². The second-order valence-corrected chi connectivity index (χ2v) is 7.46. The molecule has 28 heavy (non-hydrogen) atoms. The van der Waals surface area contributed by atoms with Crippen LogP contribution in [0.3, 0.4) is 0 Å². The second-order valence-electron chi connectivity index (χ2n) is 5.69. The smallest absolute Gasteiger partial charge is 0.335 e. The van der Waals surface area contributed by atoms with Crippen molar-refractivity contribution in [2.24, 2.45) is 0 Å². The lowest BCUT2D eigenvalue weighted by Gasteiger charge is -2.06. The van der Waals surface area contributed by atoms with E-state index in [2.05, 4.69) is 4.72 Å². The minimum atomic E-state index is -3.86. The number of carbonyl (C=O) groups excluding carboxylic acids is 1. The standard InChI is InChI=1S/C19H17NO7S/c21-17(10-3-13-1-4-15(5-2-13)19(24)25)14-6-8-16(9-7-14)28(26,27)20-12-11-18(22)23/h1-10,20H,11-12H2,(H,22,23)(H,24,25)/b10-3-. The Morgan fingerprint density at radius 3 is 2.00 bits per heavy atom. The maximum absolute atomic E-state index is 12.2. The topological polar surface area (TPSA) is 138 Å². The van der Waals surface area contributed by atoms with Crippen molar-refractivity contribution in [3.05, 3.63) is 71.3 Å². The number of allylic oxidation sites excluding steroid dienone is 1. The van der Waals surface area contributed by atoms with Crippen molar-refractivity contribution in [1.29, 1.82) is 0 Å². The van der Waals surface area contributed by atoms with E-state index in [1.165, 1.54) is 48.6 Å². The van der Waals surface area contributed by atoms with Crippen LogP contribution in [0, 0.1) is 0 Å². The number of carbonyl (C=O) groups is 3. The van der Waals surface area contributed by atoms with Crippen LogP contribution in [0.15, 0.2) is 59.5 Å². The Morgan fingerprint density at radius 1 is 0.893 bits per heavy atom. The van der Waals surface area contributed by atoms with Gasteiger partial charge in [0.2, 0.25) is 10.0 Å². The lowest BCUT2D eigenvalue weighted by atomic mass is 10.1. The van der Waals surface area contributed by atoms with E-state index < -0.39 is 22.0 Å². The van der Waals surface area contributed by atoms with Crippen molar-refractivity contribution in [2.75, 3.05) is 6.54 Å². The summed E-state index contributed by atoms with van der Waals surface area (Å²) in [6, 6.07) is 11.2. The molecular formula is C19H17NO7S. The van der Waals surface area contributed by atoms with E-state index in [4.69, 9.17) is 10.2 Å². The Labute approximate surface area is 161 Å². The molecule has 0 radical (unpaired) electrons. The highest BCUT2D eigenvalue weighted by Gasteiger charge is 2.14. The maximum atomic E-state index is 12.2. The summed E-state index contributed by atoms with van der Waals surface area (Å²) in [5.41, 5.74) is 1.04. The summed E-state index contributed by atoms with van der Waals surface area (Å²) in [6.45, 7) is -0.234. The van der Waals surface area contributed by atoms with Crippen LogP contribution < -0.4 is 4.72 Å². The molecule has 0 aliphatic carbocycles. The Hall–Kier alpha value is -3.30. The Balaban J connectivity index is 2.04. The van der Waals surface area contributed by atoms with Gasteiger partial charge in [-0.05, 0) is 48.0 Å². The van der Waals surface area contributed by atoms with Crippen LogP contribution in [0.1, 0.15) is 32.7 Å². The summed E-state index contributed by atoms with van der Waals surface area (Å²) >= 11 is 0. The molecule has 3 N–H and O–H groups in total. The predicted molar refractivity (Wildman–Crippen MR) is 101 cm³/mol. The SMILES string of the molecule is O=C(O)CCNS(=O)(=O)c1ccc(C(=O)/C=C\c2ccc(C(=O)O)cc2)cc1. The molecule has 146 valence electrons. The van der Waals surface area contributed by atoms with Gasteiger partial charge in [-0.1, -0.05) is 18.2 Å². The molecule has 0 unspecified atom stereocenters. The highest BCUT2D eigenvalue weighted by molar-refractivity contribution is 7.89. The normalized spacial score (nSPS) is 11.4. The average molecular weight is 403 g/mol. The van der Waals surface area contributed by atoms with Crippen molar-refractivity contribution in [1.82, 2.24) is 4.72 Å². The van der Waals surface area contributed by atoms with Crippen LogP contribution in [-0.2, 0) is 14.8 Å². The molecule has 8 nitrogen and oxygen atoms in total. The Kier molecular flexibility index (Phi) is 6.80. The number of carboxylic acids is 2. The molecule has 0 aliphatic rings. The molecule has 2 rings (SSSR count). The molecule has 0 aromatic heterocycles. The monoisotopic (exact) mass is 403 g/mol. The van der Waals surface area contributed by atoms with E-state index in [9.17, 15) is 22.8 Å². The lowest BCUT2D eigenvalue weighted by molar-refractivity contribution is -0.136. The molecule has 0 heterocycles. The summed E-state index contributed by atoms with van der Waals surface area (Å²) in [5, 5.41) is 17.4. The van der Waals surface area contributed by atoms with Gasteiger partial charge >= 0.3 is 11.9 Å². The molecule has 0 spiro atoms. The zero-order chi connectivity index (χ0) is 20.7. The first-order valence-electron chi connectivity index (χ1n) is 8.06. The largest absolute Gasteiger partial charge is 0.481 e. The highest BCUT2D eigenvalue weighted by Crippen LogP contribution is 2.13. The molecule has 2 aromatic rings. The van der Waals surface area contributed by atoms with Crippen molar-refractivity contribution < 1.29 is 33.0 Å². The average Bonchev–Trinajstić information content (AvgIpc) is 2.66. The Bertz CT molecular complexity index is 1010. The van der Waals surface area contributed by atoms with Gasteiger partial charge in [-0.3, -0.25) is 9.59 Å². The third-order valence-corrected chi connectivity index (χ3v) is 5.14. The van der Waals surface area contributed by atoms with Crippen molar-refractivity contribution in [3.63, 3.8) is 0 Å². The van der Waals surface area contributed by atoms with Crippen molar-refractivity contribution in [3.8, 4) is 0 Å². The van der Waals surface area contributed by atoms with Crippen LogP contribution in [0.5, 0.6) is 0 Å². The van der Waals surface area contributed by atoms with E-state index in [-0.39, 0.29) is 34.8 Å². The number of aromatic carboxylic acids is 1. The van der Waals surface area contributed by atoms with E-state index in [1.807, 2.05) is 0 Å². The fraction of sp³-hybridized carbons (Fsp3) is 0.105. The van der Waals surface area contributed by atoms with E-state index >= 15 is 0 Å². The van der Waals surface area contributed by atoms with Gasteiger partial charge in [0, 0.05) is 12.1 Å². The van der Waals surface area contributed by atoms with Gasteiger partial charge in [0.25, 0.3) is 0 Å². The first kappa shape index (κ1) is 21.0. The number of aliphatic carboxylic acids is 1. The van der Waals surface area contributed by atoms with Gasteiger partial charge in [-0.2, -0.15) is 0 Å². The summed E-state index contributed by atoms with van der Waals surface area (Å²) in [4.78, 5) is 33.4. The number of rotatable bonds is 9. The van der Waals surface area contributed by atoms with Gasteiger partial charge in [-0.15, -0.1) is 0 Å². The number of hydrogen-bond acceptors (Lipinski definition) is 5. The van der Waals surface area contributed by atoms with Crippen molar-refractivity contribution >= 4 is 33.8 Å².